The second-order valence-electron chi connectivity index (χ2n) is 4.86. The van der Waals surface area contributed by atoms with Gasteiger partial charge in [0.25, 0.3) is 17.5 Å². The van der Waals surface area contributed by atoms with Crippen LogP contribution in [0.1, 0.15) is 20.7 Å². The van der Waals surface area contributed by atoms with Crippen LogP contribution in [0.5, 0.6) is 5.75 Å². The molecule has 11 heteroatoms. The van der Waals surface area contributed by atoms with Crippen molar-refractivity contribution in [3.8, 4) is 5.75 Å². The predicted octanol–water partition coefficient (Wildman–Crippen LogP) is 1.59. The Kier molecular flexibility index (Phi) is 5.43. The minimum atomic E-state index is -0.811. The van der Waals surface area contributed by atoms with Gasteiger partial charge in [-0.1, -0.05) is 6.07 Å². The van der Waals surface area contributed by atoms with Crippen LogP contribution in [-0.4, -0.2) is 28.8 Å². The number of nitro groups is 2. The average molecular weight is 360 g/mol. The molecular formula is C15H12N4O7. The van der Waals surface area contributed by atoms with Crippen molar-refractivity contribution in [1.29, 1.82) is 0 Å². The zero-order valence-corrected chi connectivity index (χ0v) is 13.3. The molecule has 0 unspecified atom stereocenters. The smallest absolute Gasteiger partial charge is 0.311 e. The third-order valence-corrected chi connectivity index (χ3v) is 3.25. The van der Waals surface area contributed by atoms with Crippen molar-refractivity contribution in [3.63, 3.8) is 0 Å². The summed E-state index contributed by atoms with van der Waals surface area (Å²) in [5.41, 5.74) is 3.33. The summed E-state index contributed by atoms with van der Waals surface area (Å²) in [6.07, 6.45) is 0. The number of non-ortho nitro benzene ring substituents is 1. The number of carbonyl (C=O) groups excluding carboxylic acids is 2. The molecule has 26 heavy (non-hydrogen) atoms. The number of ether oxygens (including phenoxy) is 1. The lowest BCUT2D eigenvalue weighted by atomic mass is 10.2. The Bertz CT molecular complexity index is 897. The third kappa shape index (κ3) is 4.08. The molecule has 2 rings (SSSR count). The molecule has 11 nitrogen and oxygen atoms in total. The maximum atomic E-state index is 12.0. The first-order chi connectivity index (χ1) is 12.3. The number of methoxy groups -OCH3 is 1. The maximum Gasteiger partial charge on any atom is 0.311 e. The number of nitro benzene ring substituents is 2. The third-order valence-electron chi connectivity index (χ3n) is 3.25. The molecule has 0 atom stereocenters. The van der Waals surface area contributed by atoms with Gasteiger partial charge in [0.05, 0.1) is 17.0 Å². The van der Waals surface area contributed by atoms with Crippen molar-refractivity contribution in [2.75, 3.05) is 7.11 Å². The van der Waals surface area contributed by atoms with Gasteiger partial charge in [-0.2, -0.15) is 0 Å². The van der Waals surface area contributed by atoms with Crippen LogP contribution in [0.25, 0.3) is 0 Å². The van der Waals surface area contributed by atoms with Crippen molar-refractivity contribution in [3.05, 3.63) is 73.8 Å². The van der Waals surface area contributed by atoms with Gasteiger partial charge < -0.3 is 4.74 Å². The lowest BCUT2D eigenvalue weighted by Crippen LogP contribution is -2.41. The van der Waals surface area contributed by atoms with E-state index in [1.807, 2.05) is 0 Å². The molecule has 0 heterocycles. The summed E-state index contributed by atoms with van der Waals surface area (Å²) in [6, 6.07) is 8.42. The van der Waals surface area contributed by atoms with E-state index in [1.54, 1.807) is 0 Å². The van der Waals surface area contributed by atoms with Gasteiger partial charge in [0.2, 0.25) is 0 Å². The van der Waals surface area contributed by atoms with Crippen LogP contribution in [0.4, 0.5) is 11.4 Å². The number of amides is 2. The summed E-state index contributed by atoms with van der Waals surface area (Å²) in [6.45, 7) is 0. The maximum absolute atomic E-state index is 12.0. The molecule has 2 aromatic rings. The molecule has 134 valence electrons. The Balaban J connectivity index is 2.10. The van der Waals surface area contributed by atoms with E-state index < -0.39 is 27.3 Å². The lowest BCUT2D eigenvalue weighted by molar-refractivity contribution is -0.385. The minimum absolute atomic E-state index is 0.0211. The summed E-state index contributed by atoms with van der Waals surface area (Å²) in [5.74, 6) is -1.62. The second kappa shape index (κ2) is 7.70. The van der Waals surface area contributed by atoms with E-state index in [4.69, 9.17) is 4.74 Å². The molecule has 0 fully saturated rings. The van der Waals surface area contributed by atoms with Gasteiger partial charge in [-0.25, -0.2) is 0 Å². The Morgan fingerprint density at radius 2 is 1.54 bits per heavy atom. The highest BCUT2D eigenvalue weighted by atomic mass is 16.6. The molecule has 2 aromatic carbocycles. The van der Waals surface area contributed by atoms with Gasteiger partial charge in [-0.15, -0.1) is 0 Å². The van der Waals surface area contributed by atoms with E-state index >= 15 is 0 Å². The van der Waals surface area contributed by atoms with E-state index in [1.165, 1.54) is 37.4 Å². The Morgan fingerprint density at radius 3 is 2.08 bits per heavy atom. The molecule has 0 aliphatic rings. The van der Waals surface area contributed by atoms with Crippen LogP contribution in [0, 0.1) is 20.2 Å². The van der Waals surface area contributed by atoms with Gasteiger partial charge in [0.1, 0.15) is 0 Å². The number of rotatable bonds is 5. The van der Waals surface area contributed by atoms with Gasteiger partial charge >= 0.3 is 5.69 Å². The zero-order valence-electron chi connectivity index (χ0n) is 13.3. The number of hydrogen-bond acceptors (Lipinski definition) is 7. The molecule has 0 saturated carbocycles. The molecule has 0 aliphatic heterocycles. The van der Waals surface area contributed by atoms with Crippen molar-refractivity contribution < 1.29 is 24.2 Å². The number of nitrogens with one attached hydrogen (secondary N) is 2. The van der Waals surface area contributed by atoms with Crippen LogP contribution < -0.4 is 15.6 Å². The van der Waals surface area contributed by atoms with Gasteiger partial charge in [-0.3, -0.25) is 40.7 Å². The van der Waals surface area contributed by atoms with Crippen molar-refractivity contribution >= 4 is 23.2 Å². The molecule has 0 spiro atoms. The van der Waals surface area contributed by atoms with Crippen LogP contribution in [0.2, 0.25) is 0 Å². The second-order valence-corrected chi connectivity index (χ2v) is 4.86. The topological polar surface area (TPSA) is 154 Å². The first-order valence-electron chi connectivity index (χ1n) is 7.01. The van der Waals surface area contributed by atoms with Crippen LogP contribution in [0.3, 0.4) is 0 Å². The lowest BCUT2D eigenvalue weighted by Gasteiger charge is -2.08. The summed E-state index contributed by atoms with van der Waals surface area (Å²) < 4.78 is 4.83. The first-order valence-corrected chi connectivity index (χ1v) is 7.01. The first kappa shape index (κ1) is 18.3. The Hall–Kier alpha value is -4.02. The van der Waals surface area contributed by atoms with Crippen molar-refractivity contribution in [2.45, 2.75) is 0 Å². The molecule has 0 saturated heterocycles. The predicted molar refractivity (Wildman–Crippen MR) is 87.7 cm³/mol. The highest BCUT2D eigenvalue weighted by molar-refractivity contribution is 5.99. The van der Waals surface area contributed by atoms with E-state index in [0.717, 1.165) is 12.1 Å². The normalized spacial score (nSPS) is 9.88. The molecule has 0 aliphatic carbocycles. The molecule has 0 bridgehead atoms. The van der Waals surface area contributed by atoms with E-state index in [0.29, 0.717) is 0 Å². The number of benzene rings is 2. The van der Waals surface area contributed by atoms with Crippen LogP contribution in [0.15, 0.2) is 42.5 Å². The number of hydrazine groups is 1. The molecule has 0 radical (unpaired) electrons. The fraction of sp³-hybridized carbons (Fsp3) is 0.0667. The number of nitrogens with zero attached hydrogens (tertiary/aromatic N) is 2. The molecule has 0 aromatic heterocycles. The number of carbonyl (C=O) groups is 2. The van der Waals surface area contributed by atoms with E-state index in [-0.39, 0.29) is 22.6 Å². The van der Waals surface area contributed by atoms with Crippen LogP contribution in [-0.2, 0) is 0 Å². The standard InChI is InChI=1S/C15H12N4O7/c1-26-13-6-5-10(8-12(13)19(24)25)15(21)17-16-14(20)9-3-2-4-11(7-9)18(22)23/h2-8H,1H3,(H,16,20)(H,17,21). The van der Waals surface area contributed by atoms with Crippen molar-refractivity contribution in [1.82, 2.24) is 10.9 Å². The fourth-order valence-electron chi connectivity index (χ4n) is 1.99. The van der Waals surface area contributed by atoms with E-state index in [2.05, 4.69) is 10.9 Å². The summed E-state index contributed by atoms with van der Waals surface area (Å²) in [4.78, 5) is 44.3. The highest BCUT2D eigenvalue weighted by Gasteiger charge is 2.19. The number of hydrogen-bond donors (Lipinski definition) is 2. The summed E-state index contributed by atoms with van der Waals surface area (Å²) >= 11 is 0. The molecule has 2 N–H and O–H groups in total. The van der Waals surface area contributed by atoms with Gasteiger partial charge in [0, 0.05) is 29.3 Å². The monoisotopic (exact) mass is 360 g/mol. The Labute approximate surface area is 145 Å². The van der Waals surface area contributed by atoms with E-state index in [9.17, 15) is 29.8 Å². The van der Waals surface area contributed by atoms with Crippen molar-refractivity contribution in [2.24, 2.45) is 0 Å². The van der Waals surface area contributed by atoms with Crippen LogP contribution >= 0.6 is 0 Å². The van der Waals surface area contributed by atoms with Gasteiger partial charge in [0.15, 0.2) is 5.75 Å². The SMILES string of the molecule is COc1ccc(C(=O)NNC(=O)c2cccc([N+](=O)[O-])c2)cc1[N+](=O)[O-]. The average Bonchev–Trinajstić information content (AvgIpc) is 2.65. The fourth-order valence-corrected chi connectivity index (χ4v) is 1.99. The highest BCUT2D eigenvalue weighted by Crippen LogP contribution is 2.27. The molecular weight excluding hydrogens is 348 g/mol. The Morgan fingerprint density at radius 1 is 0.923 bits per heavy atom. The summed E-state index contributed by atoms with van der Waals surface area (Å²) in [5, 5.41) is 21.7. The zero-order chi connectivity index (χ0) is 19.3. The van der Waals surface area contributed by atoms with Gasteiger partial charge in [-0.05, 0) is 18.2 Å². The molecule has 2 amide bonds. The largest absolute Gasteiger partial charge is 0.490 e. The summed E-state index contributed by atoms with van der Waals surface area (Å²) in [7, 11) is 1.25. The quantitative estimate of drug-likeness (QED) is 0.606. The minimum Gasteiger partial charge on any atom is -0.490 e.